The van der Waals surface area contributed by atoms with E-state index in [4.69, 9.17) is 18.9 Å². The summed E-state index contributed by atoms with van der Waals surface area (Å²) in [5.74, 6) is 2.06. The first kappa shape index (κ1) is 21.3. The largest absolute Gasteiger partial charge is 0.493 e. The van der Waals surface area contributed by atoms with Crippen molar-refractivity contribution in [2.75, 3.05) is 21.3 Å². The van der Waals surface area contributed by atoms with Gasteiger partial charge in [0.05, 0.1) is 21.3 Å². The quantitative estimate of drug-likeness (QED) is 0.570. The van der Waals surface area contributed by atoms with Crippen molar-refractivity contribution in [2.24, 2.45) is 0 Å². The van der Waals surface area contributed by atoms with Gasteiger partial charge in [-0.1, -0.05) is 37.3 Å². The van der Waals surface area contributed by atoms with E-state index in [0.717, 1.165) is 16.3 Å². The van der Waals surface area contributed by atoms with Gasteiger partial charge in [0.25, 0.3) is 5.91 Å². The second-order valence-corrected chi connectivity index (χ2v) is 6.73. The second-order valence-electron chi connectivity index (χ2n) is 6.73. The molecule has 6 nitrogen and oxygen atoms in total. The molecule has 0 unspecified atom stereocenters. The highest BCUT2D eigenvalue weighted by Gasteiger charge is 2.20. The van der Waals surface area contributed by atoms with Crippen molar-refractivity contribution >= 4 is 16.7 Å². The van der Waals surface area contributed by atoms with Crippen LogP contribution >= 0.6 is 0 Å². The normalized spacial score (nSPS) is 11.6. The minimum absolute atomic E-state index is 0.192. The van der Waals surface area contributed by atoms with Gasteiger partial charge in [-0.2, -0.15) is 0 Å². The molecule has 0 aliphatic carbocycles. The van der Waals surface area contributed by atoms with Crippen molar-refractivity contribution in [3.63, 3.8) is 0 Å². The van der Waals surface area contributed by atoms with Crippen molar-refractivity contribution in [3.05, 3.63) is 60.2 Å². The highest BCUT2D eigenvalue weighted by Crippen LogP contribution is 2.39. The van der Waals surface area contributed by atoms with E-state index >= 15 is 0 Å². The van der Waals surface area contributed by atoms with Crippen LogP contribution in [0.4, 0.5) is 0 Å². The lowest BCUT2D eigenvalue weighted by molar-refractivity contribution is -0.128. The first-order valence-corrected chi connectivity index (χ1v) is 9.82. The molecule has 3 aromatic rings. The van der Waals surface area contributed by atoms with Crippen molar-refractivity contribution in [2.45, 2.75) is 26.0 Å². The van der Waals surface area contributed by atoms with E-state index in [2.05, 4.69) is 5.32 Å². The number of rotatable bonds is 9. The van der Waals surface area contributed by atoms with E-state index < -0.39 is 6.10 Å². The molecule has 0 bridgehead atoms. The predicted molar refractivity (Wildman–Crippen MR) is 117 cm³/mol. The Morgan fingerprint density at radius 3 is 2.30 bits per heavy atom. The van der Waals surface area contributed by atoms with Crippen LogP contribution in [-0.4, -0.2) is 33.3 Å². The zero-order chi connectivity index (χ0) is 21.5. The summed E-state index contributed by atoms with van der Waals surface area (Å²) in [4.78, 5) is 12.8. The Bertz CT molecular complexity index is 1020. The molecular weight excluding hydrogens is 382 g/mol. The van der Waals surface area contributed by atoms with Crippen LogP contribution in [0.15, 0.2) is 54.6 Å². The number of carbonyl (C=O) groups excluding carboxylic acids is 1. The summed E-state index contributed by atoms with van der Waals surface area (Å²) in [6.45, 7) is 2.20. The van der Waals surface area contributed by atoms with Gasteiger partial charge < -0.3 is 24.3 Å². The van der Waals surface area contributed by atoms with Crippen LogP contribution in [0.5, 0.6) is 23.0 Å². The third-order valence-electron chi connectivity index (χ3n) is 4.90. The van der Waals surface area contributed by atoms with E-state index in [9.17, 15) is 4.79 Å². The Morgan fingerprint density at radius 1 is 0.900 bits per heavy atom. The highest BCUT2D eigenvalue weighted by atomic mass is 16.5. The van der Waals surface area contributed by atoms with Gasteiger partial charge in [0.1, 0.15) is 5.75 Å². The number of methoxy groups -OCH3 is 3. The summed E-state index contributed by atoms with van der Waals surface area (Å²) in [6, 6.07) is 17.5. The van der Waals surface area contributed by atoms with Gasteiger partial charge in [0.2, 0.25) is 5.75 Å². The summed E-state index contributed by atoms with van der Waals surface area (Å²) in [5, 5.41) is 5.13. The van der Waals surface area contributed by atoms with Gasteiger partial charge in [-0.3, -0.25) is 4.79 Å². The molecule has 0 aliphatic rings. The van der Waals surface area contributed by atoms with Crippen LogP contribution in [0.25, 0.3) is 10.8 Å². The maximum Gasteiger partial charge on any atom is 0.261 e. The fraction of sp³-hybridized carbons (Fsp3) is 0.292. The van der Waals surface area contributed by atoms with E-state index in [1.165, 1.54) is 0 Å². The molecule has 0 saturated carbocycles. The predicted octanol–water partition coefficient (Wildman–Crippen LogP) is 4.34. The molecule has 1 atom stereocenters. The Balaban J connectivity index is 1.71. The number of carbonyl (C=O) groups is 1. The van der Waals surface area contributed by atoms with Crippen LogP contribution < -0.4 is 24.3 Å². The highest BCUT2D eigenvalue weighted by molar-refractivity contribution is 5.84. The lowest BCUT2D eigenvalue weighted by atomic mass is 10.1. The smallest absolute Gasteiger partial charge is 0.261 e. The number of nitrogens with one attached hydrogen (secondary N) is 1. The van der Waals surface area contributed by atoms with E-state index in [-0.39, 0.29) is 12.5 Å². The first-order valence-electron chi connectivity index (χ1n) is 9.82. The number of hydrogen-bond donors (Lipinski definition) is 1. The molecule has 30 heavy (non-hydrogen) atoms. The molecule has 3 rings (SSSR count). The summed E-state index contributed by atoms with van der Waals surface area (Å²) in [5.41, 5.74) is 0.782. The number of benzene rings is 3. The SMILES string of the molecule is CC[C@H](Oc1ccc2ccccc2c1)C(=O)NCc1ccc(OC)c(OC)c1OC. The fourth-order valence-electron chi connectivity index (χ4n) is 3.33. The monoisotopic (exact) mass is 409 g/mol. The summed E-state index contributed by atoms with van der Waals surface area (Å²) in [7, 11) is 4.67. The number of fused-ring (bicyclic) bond motifs is 1. The van der Waals surface area contributed by atoms with Crippen molar-refractivity contribution in [1.82, 2.24) is 5.32 Å². The van der Waals surface area contributed by atoms with Crippen LogP contribution in [0, 0.1) is 0 Å². The average Bonchev–Trinajstić information content (AvgIpc) is 2.79. The summed E-state index contributed by atoms with van der Waals surface area (Å²) >= 11 is 0. The number of amides is 1. The molecule has 3 aromatic carbocycles. The van der Waals surface area contributed by atoms with Crippen molar-refractivity contribution < 1.29 is 23.7 Å². The molecule has 6 heteroatoms. The Kier molecular flexibility index (Phi) is 7.01. The maximum absolute atomic E-state index is 12.8. The molecule has 0 fully saturated rings. The molecule has 0 aliphatic heterocycles. The van der Waals surface area contributed by atoms with Crippen LogP contribution in [0.2, 0.25) is 0 Å². The van der Waals surface area contributed by atoms with Gasteiger partial charge in [-0.05, 0) is 41.5 Å². The van der Waals surface area contributed by atoms with Crippen molar-refractivity contribution in [1.29, 1.82) is 0 Å². The molecule has 0 saturated heterocycles. The molecule has 1 N–H and O–H groups in total. The molecule has 0 heterocycles. The Labute approximate surface area is 176 Å². The molecular formula is C24H27NO5. The van der Waals surface area contributed by atoms with Gasteiger partial charge in [-0.25, -0.2) is 0 Å². The van der Waals surface area contributed by atoms with Gasteiger partial charge in [0, 0.05) is 12.1 Å². The topological polar surface area (TPSA) is 66.0 Å². The van der Waals surface area contributed by atoms with Crippen LogP contribution in [0.3, 0.4) is 0 Å². The number of ether oxygens (including phenoxy) is 4. The second kappa shape index (κ2) is 9.87. The maximum atomic E-state index is 12.8. The molecule has 1 amide bonds. The summed E-state index contributed by atoms with van der Waals surface area (Å²) < 4.78 is 22.2. The lowest BCUT2D eigenvalue weighted by Gasteiger charge is -2.19. The molecule has 0 radical (unpaired) electrons. The lowest BCUT2D eigenvalue weighted by Crippen LogP contribution is -2.37. The zero-order valence-electron chi connectivity index (χ0n) is 17.7. The summed E-state index contributed by atoms with van der Waals surface area (Å²) in [6.07, 6.45) is -0.0563. The standard InChI is InChI=1S/C24H27NO5/c1-5-20(30-19-12-10-16-8-6-7-9-17(16)14-19)24(26)25-15-18-11-13-21(27-2)23(29-4)22(18)28-3/h6-14,20H,5,15H2,1-4H3,(H,25,26)/t20-/m0/s1. The third-order valence-corrected chi connectivity index (χ3v) is 4.90. The minimum atomic E-state index is -0.600. The van der Waals surface area contributed by atoms with E-state index in [1.54, 1.807) is 27.4 Å². The first-order chi connectivity index (χ1) is 14.6. The molecule has 0 aromatic heterocycles. The molecule has 158 valence electrons. The Morgan fingerprint density at radius 2 is 1.63 bits per heavy atom. The van der Waals surface area contributed by atoms with Crippen molar-refractivity contribution in [3.8, 4) is 23.0 Å². The van der Waals surface area contributed by atoms with E-state index in [0.29, 0.717) is 29.4 Å². The van der Waals surface area contributed by atoms with Gasteiger partial charge in [0.15, 0.2) is 17.6 Å². The van der Waals surface area contributed by atoms with Crippen LogP contribution in [-0.2, 0) is 11.3 Å². The third kappa shape index (κ3) is 4.59. The van der Waals surface area contributed by atoms with E-state index in [1.807, 2.05) is 55.5 Å². The van der Waals surface area contributed by atoms with Gasteiger partial charge in [-0.15, -0.1) is 0 Å². The van der Waals surface area contributed by atoms with Gasteiger partial charge >= 0.3 is 0 Å². The zero-order valence-corrected chi connectivity index (χ0v) is 17.7. The van der Waals surface area contributed by atoms with Crippen LogP contribution in [0.1, 0.15) is 18.9 Å². The molecule has 0 spiro atoms. The average molecular weight is 409 g/mol. The fourth-order valence-corrected chi connectivity index (χ4v) is 3.33. The Hall–Kier alpha value is -3.41. The number of hydrogen-bond acceptors (Lipinski definition) is 5. The minimum Gasteiger partial charge on any atom is -0.493 e.